The maximum Gasteiger partial charge on any atom is 0.133 e. The predicted octanol–water partition coefficient (Wildman–Crippen LogP) is 4.43. The van der Waals surface area contributed by atoms with E-state index in [1.54, 1.807) is 26.2 Å². The Morgan fingerprint density at radius 2 is 1.62 bits per heavy atom. The van der Waals surface area contributed by atoms with Crippen LogP contribution in [0.5, 0.6) is 5.75 Å². The zero-order valence-corrected chi connectivity index (χ0v) is 13.5. The van der Waals surface area contributed by atoms with E-state index < -0.39 is 17.7 Å². The maximum atomic E-state index is 14.0. The molecule has 0 aromatic heterocycles. The molecule has 0 amide bonds. The Hall–Kier alpha value is -1.46. The van der Waals surface area contributed by atoms with E-state index in [1.807, 2.05) is 6.92 Å². The van der Waals surface area contributed by atoms with Gasteiger partial charge >= 0.3 is 0 Å². The monoisotopic (exact) mass is 356 g/mol. The molecule has 2 rings (SSSR count). The molecule has 0 bridgehead atoms. The summed E-state index contributed by atoms with van der Waals surface area (Å²) in [6.45, 7) is 3.57. The van der Waals surface area contributed by atoms with Crippen molar-refractivity contribution in [2.75, 3.05) is 7.11 Å². The van der Waals surface area contributed by atoms with Gasteiger partial charge < -0.3 is 9.84 Å². The molecule has 0 fully saturated rings. The number of hydrogen-bond acceptors (Lipinski definition) is 2. The number of aryl methyl sites for hydroxylation is 2. The third-order valence-corrected chi connectivity index (χ3v) is 3.85. The summed E-state index contributed by atoms with van der Waals surface area (Å²) in [5, 5.41) is 10.4. The van der Waals surface area contributed by atoms with Crippen LogP contribution in [-0.2, 0) is 0 Å². The highest BCUT2D eigenvalue weighted by molar-refractivity contribution is 9.10. The summed E-state index contributed by atoms with van der Waals surface area (Å²) in [5.41, 5.74) is 1.58. The molecule has 2 nitrogen and oxygen atoms in total. The topological polar surface area (TPSA) is 29.5 Å². The molecule has 0 radical (unpaired) electrons. The van der Waals surface area contributed by atoms with Crippen LogP contribution in [0.15, 0.2) is 28.7 Å². The van der Waals surface area contributed by atoms with Gasteiger partial charge in [-0.15, -0.1) is 0 Å². The third kappa shape index (κ3) is 3.09. The molecule has 0 spiro atoms. The molecule has 0 aliphatic carbocycles. The quantitative estimate of drug-likeness (QED) is 0.881. The molecule has 0 saturated carbocycles. The Bertz CT molecular complexity index is 663. The molecule has 0 aliphatic rings. The summed E-state index contributed by atoms with van der Waals surface area (Å²) in [6, 6.07) is 5.68. The zero-order valence-electron chi connectivity index (χ0n) is 11.9. The fraction of sp³-hybridized carbons (Fsp3) is 0.250. The van der Waals surface area contributed by atoms with Gasteiger partial charge in [-0.25, -0.2) is 8.78 Å². The van der Waals surface area contributed by atoms with Gasteiger partial charge in [-0.2, -0.15) is 0 Å². The van der Waals surface area contributed by atoms with E-state index in [0.29, 0.717) is 16.9 Å². The lowest BCUT2D eigenvalue weighted by atomic mass is 9.94. The lowest BCUT2D eigenvalue weighted by Crippen LogP contribution is -2.08. The van der Waals surface area contributed by atoms with Crippen LogP contribution in [0.1, 0.15) is 28.4 Å². The highest BCUT2D eigenvalue weighted by Gasteiger charge is 2.22. The molecular formula is C16H15BrF2O2. The second-order valence-corrected chi connectivity index (χ2v) is 5.78. The molecule has 0 heterocycles. The summed E-state index contributed by atoms with van der Waals surface area (Å²) in [5.74, 6) is -0.912. The number of aliphatic hydroxyl groups excluding tert-OH is 1. The van der Waals surface area contributed by atoms with Crippen molar-refractivity contribution >= 4 is 15.9 Å². The number of ether oxygens (including phenoxy) is 1. The first-order valence-electron chi connectivity index (χ1n) is 6.32. The smallest absolute Gasteiger partial charge is 0.133 e. The molecule has 1 N–H and O–H groups in total. The number of methoxy groups -OCH3 is 1. The largest absolute Gasteiger partial charge is 0.496 e. The van der Waals surface area contributed by atoms with Crippen molar-refractivity contribution in [3.05, 3.63) is 62.6 Å². The summed E-state index contributed by atoms with van der Waals surface area (Å²) in [6.07, 6.45) is -1.37. The van der Waals surface area contributed by atoms with Crippen LogP contribution in [0, 0.1) is 25.5 Å². The highest BCUT2D eigenvalue weighted by Crippen LogP contribution is 2.33. The molecule has 0 saturated heterocycles. The predicted molar refractivity (Wildman–Crippen MR) is 80.6 cm³/mol. The number of halogens is 3. The van der Waals surface area contributed by atoms with Crippen molar-refractivity contribution < 1.29 is 18.6 Å². The summed E-state index contributed by atoms with van der Waals surface area (Å²) in [4.78, 5) is 0. The minimum atomic E-state index is -1.37. The molecule has 0 aliphatic heterocycles. The number of rotatable bonds is 3. The van der Waals surface area contributed by atoms with Gasteiger partial charge in [-0.1, -0.05) is 15.9 Å². The Morgan fingerprint density at radius 3 is 2.14 bits per heavy atom. The van der Waals surface area contributed by atoms with Crippen molar-refractivity contribution in [2.45, 2.75) is 20.0 Å². The van der Waals surface area contributed by atoms with Crippen LogP contribution in [0.2, 0.25) is 0 Å². The van der Waals surface area contributed by atoms with E-state index in [1.165, 1.54) is 0 Å². The number of aliphatic hydroxyl groups is 1. The number of hydrogen-bond donors (Lipinski definition) is 1. The lowest BCUT2D eigenvalue weighted by Gasteiger charge is -2.18. The minimum Gasteiger partial charge on any atom is -0.496 e. The van der Waals surface area contributed by atoms with E-state index in [9.17, 15) is 13.9 Å². The van der Waals surface area contributed by atoms with Crippen LogP contribution in [0.25, 0.3) is 0 Å². The molecule has 2 aromatic rings. The van der Waals surface area contributed by atoms with Crippen molar-refractivity contribution in [1.82, 2.24) is 0 Å². The Balaban J connectivity index is 2.55. The van der Waals surface area contributed by atoms with Crippen molar-refractivity contribution in [3.8, 4) is 5.75 Å². The van der Waals surface area contributed by atoms with Gasteiger partial charge in [0.05, 0.1) is 12.7 Å². The Kier molecular flexibility index (Phi) is 4.64. The van der Waals surface area contributed by atoms with Gasteiger partial charge in [0.2, 0.25) is 0 Å². The fourth-order valence-corrected chi connectivity index (χ4v) is 2.70. The van der Waals surface area contributed by atoms with Crippen molar-refractivity contribution in [2.24, 2.45) is 0 Å². The summed E-state index contributed by atoms with van der Waals surface area (Å²) >= 11 is 3.02. The minimum absolute atomic E-state index is 0.288. The van der Waals surface area contributed by atoms with Gasteiger partial charge in [0.15, 0.2) is 0 Å². The summed E-state index contributed by atoms with van der Waals surface area (Å²) < 4.78 is 33.4. The first-order valence-corrected chi connectivity index (χ1v) is 7.12. The van der Waals surface area contributed by atoms with Crippen LogP contribution in [0.3, 0.4) is 0 Å². The van der Waals surface area contributed by atoms with Crippen LogP contribution in [-0.4, -0.2) is 12.2 Å². The molecule has 2 aromatic carbocycles. The number of benzene rings is 2. The lowest BCUT2D eigenvalue weighted by molar-refractivity contribution is 0.208. The first kappa shape index (κ1) is 15.9. The first-order chi connectivity index (χ1) is 9.85. The van der Waals surface area contributed by atoms with Crippen molar-refractivity contribution in [3.63, 3.8) is 0 Å². The zero-order chi connectivity index (χ0) is 15.7. The van der Waals surface area contributed by atoms with Gasteiger partial charge in [0.1, 0.15) is 23.5 Å². The van der Waals surface area contributed by atoms with Gasteiger partial charge in [0.25, 0.3) is 0 Å². The van der Waals surface area contributed by atoms with Gasteiger partial charge in [0, 0.05) is 4.47 Å². The van der Waals surface area contributed by atoms with Gasteiger partial charge in [-0.05, 0) is 54.8 Å². The molecule has 1 unspecified atom stereocenters. The molecule has 112 valence electrons. The maximum absolute atomic E-state index is 14.0. The van der Waals surface area contributed by atoms with Crippen LogP contribution < -0.4 is 4.74 Å². The van der Waals surface area contributed by atoms with Crippen LogP contribution in [0.4, 0.5) is 8.78 Å². The van der Waals surface area contributed by atoms with E-state index in [-0.39, 0.29) is 10.0 Å². The second-order valence-electron chi connectivity index (χ2n) is 4.86. The van der Waals surface area contributed by atoms with E-state index in [2.05, 4.69) is 15.9 Å². The highest BCUT2D eigenvalue weighted by atomic mass is 79.9. The molecule has 21 heavy (non-hydrogen) atoms. The molecular weight excluding hydrogens is 342 g/mol. The van der Waals surface area contributed by atoms with Crippen LogP contribution >= 0.6 is 15.9 Å². The Morgan fingerprint density at radius 1 is 1.05 bits per heavy atom. The van der Waals surface area contributed by atoms with E-state index in [0.717, 1.165) is 17.7 Å². The van der Waals surface area contributed by atoms with E-state index >= 15 is 0 Å². The molecule has 1 atom stereocenters. The average Bonchev–Trinajstić information content (AvgIpc) is 2.39. The molecule has 5 heteroatoms. The standard InChI is InChI=1S/C16H15BrF2O2/c1-8-5-14(21-3)9(2)4-11(8)16(20)15-12(18)6-10(17)7-13(15)19/h4-7,16,20H,1-3H3. The fourth-order valence-electron chi connectivity index (χ4n) is 2.30. The second kappa shape index (κ2) is 6.12. The summed E-state index contributed by atoms with van der Waals surface area (Å²) in [7, 11) is 1.55. The van der Waals surface area contributed by atoms with E-state index in [4.69, 9.17) is 4.74 Å². The normalized spacial score (nSPS) is 12.3. The van der Waals surface area contributed by atoms with Crippen molar-refractivity contribution in [1.29, 1.82) is 0 Å². The third-order valence-electron chi connectivity index (χ3n) is 3.40. The SMILES string of the molecule is COc1cc(C)c(C(O)c2c(F)cc(Br)cc2F)cc1C. The Labute approximate surface area is 130 Å². The average molecular weight is 357 g/mol. The van der Waals surface area contributed by atoms with Gasteiger partial charge in [-0.3, -0.25) is 0 Å².